The monoisotopic (exact) mass is 525 g/mol. The molecule has 1 fully saturated rings. The average molecular weight is 526 g/mol. The smallest absolute Gasteiger partial charge is 0.230 e. The van der Waals surface area contributed by atoms with Gasteiger partial charge in [-0.1, -0.05) is 44.4 Å². The molecule has 1 amide bonds. The molecule has 198 valence electrons. The summed E-state index contributed by atoms with van der Waals surface area (Å²) in [4.78, 5) is 30.5. The minimum absolute atomic E-state index is 0.0873. The highest BCUT2D eigenvalue weighted by atomic mass is 16.2. The molecule has 1 aliphatic carbocycles. The maximum Gasteiger partial charge on any atom is 0.230 e. The Labute approximate surface area is 232 Å². The van der Waals surface area contributed by atoms with Crippen molar-refractivity contribution in [3.63, 3.8) is 0 Å². The summed E-state index contributed by atoms with van der Waals surface area (Å²) in [6, 6.07) is 22.4. The van der Waals surface area contributed by atoms with Gasteiger partial charge in [-0.3, -0.25) is 4.79 Å². The Morgan fingerprint density at radius 1 is 0.725 bits per heavy atom. The maximum absolute atomic E-state index is 13.6. The van der Waals surface area contributed by atoms with Gasteiger partial charge in [0.25, 0.3) is 0 Å². The Morgan fingerprint density at radius 3 is 1.88 bits per heavy atom. The summed E-state index contributed by atoms with van der Waals surface area (Å²) >= 11 is 0. The highest BCUT2D eigenvalue weighted by Crippen LogP contribution is 2.39. The lowest BCUT2D eigenvalue weighted by molar-refractivity contribution is -0.126. The third-order valence-electron chi connectivity index (χ3n) is 8.17. The van der Waals surface area contributed by atoms with Gasteiger partial charge in [0.05, 0.1) is 22.8 Å². The number of hydrogen-bond donors (Lipinski definition) is 3. The fourth-order valence-corrected chi connectivity index (χ4v) is 5.93. The standard InChI is InChI=1S/C34H31N5O/c1-34(17-5-2-6-18-34)33(40)39-29-8-4-3-7-28(29)32-30-15-13-26(37-30)20-24-11-9-22(35-24)19-23-10-12-25(36-23)21-27-14-16-31(32)38-27/h3-4,7-16,19-21,35-36H,2,5-6,17-18H2,1H3,(H,39,40). The number of benzene rings is 1. The molecular formula is C34H31N5O. The van der Waals surface area contributed by atoms with E-state index < -0.39 is 0 Å². The number of hydrogen-bond acceptors (Lipinski definition) is 3. The largest absolute Gasteiger partial charge is 0.355 e. The SMILES string of the molecule is CC1(C(=O)Nc2ccccc2-c2c3nc(cc4ccc(cc5ccc(cc6nc2C=C6)[nH]5)[nH]4)C=C3)CCCCC1. The first-order valence-corrected chi connectivity index (χ1v) is 14.0. The molecule has 0 saturated heterocycles. The predicted molar refractivity (Wildman–Crippen MR) is 164 cm³/mol. The van der Waals surface area contributed by atoms with E-state index in [0.29, 0.717) is 0 Å². The molecule has 2 aliphatic heterocycles. The second-order valence-electron chi connectivity index (χ2n) is 11.2. The van der Waals surface area contributed by atoms with Gasteiger partial charge in [-0.2, -0.15) is 0 Å². The first-order chi connectivity index (χ1) is 19.5. The van der Waals surface area contributed by atoms with E-state index in [2.05, 4.69) is 52.5 Å². The molecule has 0 spiro atoms. The van der Waals surface area contributed by atoms with E-state index in [-0.39, 0.29) is 11.3 Å². The molecule has 3 N–H and O–H groups in total. The Bertz CT molecular complexity index is 1760. The molecular weight excluding hydrogens is 494 g/mol. The number of amides is 1. The zero-order valence-corrected chi connectivity index (χ0v) is 22.5. The van der Waals surface area contributed by atoms with Crippen molar-refractivity contribution in [1.82, 2.24) is 19.9 Å². The Kier molecular flexibility index (Phi) is 5.96. The second-order valence-corrected chi connectivity index (χ2v) is 11.2. The predicted octanol–water partition coefficient (Wildman–Crippen LogP) is 8.23. The number of para-hydroxylation sites is 1. The van der Waals surface area contributed by atoms with Gasteiger partial charge >= 0.3 is 0 Å². The zero-order chi connectivity index (χ0) is 27.1. The van der Waals surface area contributed by atoms with Crippen LogP contribution in [0.1, 0.15) is 61.8 Å². The van der Waals surface area contributed by atoms with Crippen LogP contribution in [0.15, 0.2) is 66.7 Å². The van der Waals surface area contributed by atoms with Crippen molar-refractivity contribution in [2.24, 2.45) is 5.41 Å². The molecule has 5 heterocycles. The number of H-pyrrole nitrogens is 2. The summed E-state index contributed by atoms with van der Waals surface area (Å²) in [6.07, 6.45) is 13.3. The molecule has 8 bridgehead atoms. The number of anilines is 1. The van der Waals surface area contributed by atoms with Crippen LogP contribution in [-0.4, -0.2) is 25.8 Å². The van der Waals surface area contributed by atoms with Crippen molar-refractivity contribution in [2.45, 2.75) is 39.0 Å². The van der Waals surface area contributed by atoms with Crippen molar-refractivity contribution in [2.75, 3.05) is 5.32 Å². The molecule has 40 heavy (non-hydrogen) atoms. The van der Waals surface area contributed by atoms with Crippen molar-refractivity contribution < 1.29 is 4.79 Å². The van der Waals surface area contributed by atoms with Gasteiger partial charge in [0, 0.05) is 44.3 Å². The van der Waals surface area contributed by atoms with E-state index in [9.17, 15) is 4.79 Å². The molecule has 7 rings (SSSR count). The van der Waals surface area contributed by atoms with Crippen LogP contribution in [0.25, 0.3) is 57.5 Å². The molecule has 3 aliphatic rings. The Morgan fingerprint density at radius 2 is 1.27 bits per heavy atom. The Balaban J connectivity index is 1.44. The van der Waals surface area contributed by atoms with Crippen molar-refractivity contribution in [3.05, 3.63) is 89.5 Å². The average Bonchev–Trinajstić information content (AvgIpc) is 3.76. The van der Waals surface area contributed by atoms with E-state index in [1.54, 1.807) is 0 Å². The minimum Gasteiger partial charge on any atom is -0.355 e. The first kappa shape index (κ1) is 24.3. The van der Waals surface area contributed by atoms with Crippen LogP contribution < -0.4 is 5.32 Å². The third-order valence-corrected chi connectivity index (χ3v) is 8.17. The van der Waals surface area contributed by atoms with Gasteiger partial charge in [-0.25, -0.2) is 9.97 Å². The molecule has 0 atom stereocenters. The first-order valence-electron chi connectivity index (χ1n) is 14.0. The molecule has 3 aromatic heterocycles. The number of carbonyl (C=O) groups is 1. The van der Waals surface area contributed by atoms with E-state index in [4.69, 9.17) is 9.97 Å². The molecule has 4 aromatic rings. The number of rotatable bonds is 3. The summed E-state index contributed by atoms with van der Waals surface area (Å²) in [5, 5.41) is 3.30. The van der Waals surface area contributed by atoms with Crippen molar-refractivity contribution in [3.8, 4) is 11.1 Å². The number of aromatic nitrogens is 4. The lowest BCUT2D eigenvalue weighted by Crippen LogP contribution is -2.35. The number of aromatic amines is 2. The van der Waals surface area contributed by atoms with Gasteiger partial charge < -0.3 is 15.3 Å². The number of nitrogens with one attached hydrogen (secondary N) is 3. The van der Waals surface area contributed by atoms with Gasteiger partial charge in [0.15, 0.2) is 0 Å². The number of fused-ring (bicyclic) bond motifs is 8. The summed E-state index contributed by atoms with van der Waals surface area (Å²) in [6.45, 7) is 2.10. The maximum atomic E-state index is 13.6. The second kappa shape index (κ2) is 9.79. The quantitative estimate of drug-likeness (QED) is 0.217. The van der Waals surface area contributed by atoms with Gasteiger partial charge in [0.1, 0.15) is 0 Å². The highest BCUT2D eigenvalue weighted by molar-refractivity contribution is 6.01. The van der Waals surface area contributed by atoms with Gasteiger partial charge in [0.2, 0.25) is 5.91 Å². The fourth-order valence-electron chi connectivity index (χ4n) is 5.93. The van der Waals surface area contributed by atoms with Gasteiger partial charge in [-0.05, 0) is 85.7 Å². The van der Waals surface area contributed by atoms with Crippen molar-refractivity contribution in [1.29, 1.82) is 0 Å². The van der Waals surface area contributed by atoms with Crippen LogP contribution in [0.2, 0.25) is 0 Å². The van der Waals surface area contributed by atoms with E-state index in [1.807, 2.05) is 60.7 Å². The molecule has 1 saturated carbocycles. The van der Waals surface area contributed by atoms with E-state index >= 15 is 0 Å². The molecule has 6 nitrogen and oxygen atoms in total. The number of nitrogens with zero attached hydrogens (tertiary/aromatic N) is 2. The highest BCUT2D eigenvalue weighted by Gasteiger charge is 2.35. The normalized spacial score (nSPS) is 15.7. The third kappa shape index (κ3) is 4.66. The van der Waals surface area contributed by atoms with E-state index in [0.717, 1.165) is 87.3 Å². The molecule has 6 heteroatoms. The lowest BCUT2D eigenvalue weighted by Gasteiger charge is -2.32. The van der Waals surface area contributed by atoms with Crippen LogP contribution in [0, 0.1) is 5.41 Å². The minimum atomic E-state index is -0.348. The Hall–Kier alpha value is -4.71. The zero-order valence-electron chi connectivity index (χ0n) is 22.5. The summed E-state index contributed by atoms with van der Waals surface area (Å²) in [5.41, 5.74) is 9.54. The summed E-state index contributed by atoms with van der Waals surface area (Å²) < 4.78 is 0. The van der Waals surface area contributed by atoms with E-state index in [1.165, 1.54) is 6.42 Å². The summed E-state index contributed by atoms with van der Waals surface area (Å²) in [5.74, 6) is 0.0873. The molecule has 1 aromatic carbocycles. The topological polar surface area (TPSA) is 86.5 Å². The molecule has 0 radical (unpaired) electrons. The molecule has 0 unspecified atom stereocenters. The number of carbonyl (C=O) groups excluding carboxylic acids is 1. The lowest BCUT2D eigenvalue weighted by atomic mass is 9.75. The van der Waals surface area contributed by atoms with Crippen LogP contribution in [0.3, 0.4) is 0 Å². The summed E-state index contributed by atoms with van der Waals surface area (Å²) in [7, 11) is 0. The van der Waals surface area contributed by atoms with Crippen LogP contribution in [0.4, 0.5) is 5.69 Å². The van der Waals surface area contributed by atoms with Crippen LogP contribution in [-0.2, 0) is 4.79 Å². The van der Waals surface area contributed by atoms with Crippen LogP contribution in [0.5, 0.6) is 0 Å². The van der Waals surface area contributed by atoms with Crippen molar-refractivity contribution >= 4 is 58.0 Å². The van der Waals surface area contributed by atoms with Gasteiger partial charge in [-0.15, -0.1) is 0 Å². The fraction of sp³-hybridized carbons (Fsp3) is 0.206. The van der Waals surface area contributed by atoms with Crippen LogP contribution >= 0.6 is 0 Å².